The maximum Gasteiger partial charge on any atom is 0.275 e. The minimum Gasteiger partial charge on any atom is -0.314 e. The molecule has 146 valence electrons. The molecule has 1 fully saturated rings. The molecule has 6 heteroatoms. The molecular weight excluding hydrogens is 372 g/mol. The molecule has 1 unspecified atom stereocenters. The summed E-state index contributed by atoms with van der Waals surface area (Å²) in [4.78, 5) is 15.5. The van der Waals surface area contributed by atoms with Crippen molar-refractivity contribution in [3.63, 3.8) is 0 Å². The Morgan fingerprint density at radius 3 is 2.36 bits per heavy atom. The number of piperazine rings is 1. The van der Waals surface area contributed by atoms with Crippen molar-refractivity contribution in [1.29, 1.82) is 0 Å². The Morgan fingerprint density at radius 1 is 1.04 bits per heavy atom. The summed E-state index contributed by atoms with van der Waals surface area (Å²) in [6, 6.07) is 18.2. The number of para-hydroxylation sites is 1. The van der Waals surface area contributed by atoms with Crippen molar-refractivity contribution in [2.45, 2.75) is 18.8 Å². The van der Waals surface area contributed by atoms with Gasteiger partial charge < -0.3 is 5.32 Å². The summed E-state index contributed by atoms with van der Waals surface area (Å²) in [7, 11) is 0. The molecule has 5 nitrogen and oxygen atoms in total. The Labute approximate surface area is 169 Å². The lowest BCUT2D eigenvalue weighted by molar-refractivity contribution is 0.194. The van der Waals surface area contributed by atoms with Crippen LogP contribution in [0.5, 0.6) is 0 Å². The van der Waals surface area contributed by atoms with Gasteiger partial charge in [-0.2, -0.15) is 0 Å². The van der Waals surface area contributed by atoms with E-state index >= 15 is 0 Å². The SMILES string of the molecule is Cc1ccc(C(c2[nH]n(-c3ccccc3)c(=O)c2CCl)N2CCNCC2)cc1. The fourth-order valence-electron chi connectivity index (χ4n) is 3.85. The maximum atomic E-state index is 13.1. The number of nitrogens with one attached hydrogen (secondary N) is 2. The van der Waals surface area contributed by atoms with Gasteiger partial charge in [-0.25, -0.2) is 4.68 Å². The van der Waals surface area contributed by atoms with Crippen LogP contribution in [0.2, 0.25) is 0 Å². The van der Waals surface area contributed by atoms with Gasteiger partial charge >= 0.3 is 0 Å². The zero-order chi connectivity index (χ0) is 19.5. The number of H-pyrrole nitrogens is 1. The van der Waals surface area contributed by atoms with Crippen LogP contribution in [0.15, 0.2) is 59.4 Å². The molecule has 2 aromatic carbocycles. The smallest absolute Gasteiger partial charge is 0.275 e. The molecule has 1 aliphatic rings. The van der Waals surface area contributed by atoms with Crippen LogP contribution < -0.4 is 10.9 Å². The summed E-state index contributed by atoms with van der Waals surface area (Å²) in [5.41, 5.74) is 4.64. The number of aromatic nitrogens is 2. The van der Waals surface area contributed by atoms with Gasteiger partial charge in [0.15, 0.2) is 0 Å². The van der Waals surface area contributed by atoms with E-state index in [9.17, 15) is 4.79 Å². The molecule has 3 aromatic rings. The van der Waals surface area contributed by atoms with Gasteiger partial charge in [0.25, 0.3) is 5.56 Å². The topological polar surface area (TPSA) is 53.1 Å². The van der Waals surface area contributed by atoms with Crippen molar-refractivity contribution in [1.82, 2.24) is 20.0 Å². The van der Waals surface area contributed by atoms with Crippen molar-refractivity contribution < 1.29 is 0 Å². The van der Waals surface area contributed by atoms with Gasteiger partial charge in [-0.1, -0.05) is 48.0 Å². The van der Waals surface area contributed by atoms with E-state index in [1.165, 1.54) is 11.1 Å². The Hall–Kier alpha value is -2.34. The minimum absolute atomic E-state index is 0.0332. The fourth-order valence-corrected chi connectivity index (χ4v) is 4.11. The van der Waals surface area contributed by atoms with Crippen LogP contribution in [0, 0.1) is 6.92 Å². The summed E-state index contributed by atoms with van der Waals surface area (Å²) in [5, 5.41) is 6.79. The van der Waals surface area contributed by atoms with Crippen LogP contribution in [0.25, 0.3) is 5.69 Å². The average Bonchev–Trinajstić information content (AvgIpc) is 3.07. The number of nitrogens with zero attached hydrogens (tertiary/aromatic N) is 2. The third-order valence-corrected chi connectivity index (χ3v) is 5.62. The highest BCUT2D eigenvalue weighted by Gasteiger charge is 2.29. The van der Waals surface area contributed by atoms with E-state index in [0.717, 1.165) is 37.6 Å². The Bertz CT molecular complexity index is 972. The minimum atomic E-state index is -0.0801. The zero-order valence-electron chi connectivity index (χ0n) is 16.0. The van der Waals surface area contributed by atoms with Gasteiger partial charge in [-0.05, 0) is 24.6 Å². The van der Waals surface area contributed by atoms with E-state index in [0.29, 0.717) is 5.56 Å². The molecule has 0 aliphatic carbocycles. The number of aryl methyl sites for hydroxylation is 1. The summed E-state index contributed by atoms with van der Waals surface area (Å²) in [6.45, 7) is 5.78. The predicted molar refractivity (Wildman–Crippen MR) is 113 cm³/mol. The molecule has 28 heavy (non-hydrogen) atoms. The van der Waals surface area contributed by atoms with E-state index in [1.54, 1.807) is 4.68 Å². The van der Waals surface area contributed by atoms with E-state index in [4.69, 9.17) is 11.6 Å². The third-order valence-electron chi connectivity index (χ3n) is 5.35. The molecular formula is C22H25ClN4O. The van der Waals surface area contributed by atoms with E-state index in [2.05, 4.69) is 46.5 Å². The van der Waals surface area contributed by atoms with Crippen LogP contribution in [0.3, 0.4) is 0 Å². The van der Waals surface area contributed by atoms with Crippen LogP contribution in [-0.4, -0.2) is 40.9 Å². The highest BCUT2D eigenvalue weighted by atomic mass is 35.5. The van der Waals surface area contributed by atoms with Crippen LogP contribution in [-0.2, 0) is 5.88 Å². The summed E-state index contributed by atoms with van der Waals surface area (Å²) in [5.74, 6) is 0.180. The van der Waals surface area contributed by atoms with Gasteiger partial charge in [-0.3, -0.25) is 14.8 Å². The Balaban J connectivity index is 1.86. The first-order valence-corrected chi connectivity index (χ1v) is 10.2. The molecule has 1 aromatic heterocycles. The standard InChI is InChI=1S/C22H25ClN4O/c1-16-7-9-17(10-8-16)21(26-13-11-24-12-14-26)20-19(15-23)22(28)27(25-20)18-5-3-2-4-6-18/h2-10,21,24-25H,11-15H2,1H3. The molecule has 1 atom stereocenters. The maximum absolute atomic E-state index is 13.1. The number of benzene rings is 2. The third kappa shape index (κ3) is 3.65. The quantitative estimate of drug-likeness (QED) is 0.651. The van der Waals surface area contributed by atoms with Crippen molar-refractivity contribution in [3.8, 4) is 5.69 Å². The van der Waals surface area contributed by atoms with E-state index in [-0.39, 0.29) is 17.5 Å². The Kier molecular flexibility index (Phi) is 5.67. The Morgan fingerprint density at radius 2 is 1.71 bits per heavy atom. The van der Waals surface area contributed by atoms with Crippen LogP contribution in [0.4, 0.5) is 0 Å². The summed E-state index contributed by atoms with van der Waals surface area (Å²) >= 11 is 6.27. The van der Waals surface area contributed by atoms with Crippen molar-refractivity contribution >= 4 is 11.6 Å². The monoisotopic (exact) mass is 396 g/mol. The summed E-state index contributed by atoms with van der Waals surface area (Å²) < 4.78 is 1.61. The first-order valence-electron chi connectivity index (χ1n) is 9.65. The molecule has 4 rings (SSSR count). The molecule has 2 heterocycles. The molecule has 0 spiro atoms. The van der Waals surface area contributed by atoms with Crippen LogP contribution >= 0.6 is 11.6 Å². The lowest BCUT2D eigenvalue weighted by atomic mass is 9.98. The fraction of sp³-hybridized carbons (Fsp3) is 0.318. The molecule has 2 N–H and O–H groups in total. The highest BCUT2D eigenvalue weighted by Crippen LogP contribution is 2.30. The number of halogens is 1. The number of alkyl halides is 1. The first kappa shape index (κ1) is 19.0. The molecule has 1 aliphatic heterocycles. The van der Waals surface area contributed by atoms with E-state index < -0.39 is 0 Å². The predicted octanol–water partition coefficient (Wildman–Crippen LogP) is 3.21. The van der Waals surface area contributed by atoms with Crippen LogP contribution in [0.1, 0.15) is 28.4 Å². The van der Waals surface area contributed by atoms with Gasteiger partial charge in [0.05, 0.1) is 28.9 Å². The number of hydrogen-bond acceptors (Lipinski definition) is 3. The highest BCUT2D eigenvalue weighted by molar-refractivity contribution is 6.17. The average molecular weight is 397 g/mol. The van der Waals surface area contributed by atoms with Crippen molar-refractivity contribution in [3.05, 3.63) is 87.3 Å². The second-order valence-electron chi connectivity index (χ2n) is 7.21. The van der Waals surface area contributed by atoms with Gasteiger partial charge in [0.1, 0.15) is 0 Å². The lowest BCUT2D eigenvalue weighted by Crippen LogP contribution is -2.45. The molecule has 0 bridgehead atoms. The van der Waals surface area contributed by atoms with Crippen molar-refractivity contribution in [2.75, 3.05) is 26.2 Å². The molecule has 0 amide bonds. The first-order chi connectivity index (χ1) is 13.7. The second-order valence-corrected chi connectivity index (χ2v) is 7.48. The number of aromatic amines is 1. The lowest BCUT2D eigenvalue weighted by Gasteiger charge is -2.35. The zero-order valence-corrected chi connectivity index (χ0v) is 16.7. The largest absolute Gasteiger partial charge is 0.314 e. The van der Waals surface area contributed by atoms with Crippen molar-refractivity contribution in [2.24, 2.45) is 0 Å². The van der Waals surface area contributed by atoms with Gasteiger partial charge in [0, 0.05) is 26.2 Å². The molecule has 0 radical (unpaired) electrons. The van der Waals surface area contributed by atoms with E-state index in [1.807, 2.05) is 30.3 Å². The van der Waals surface area contributed by atoms with Gasteiger partial charge in [0.2, 0.25) is 0 Å². The molecule has 1 saturated heterocycles. The summed E-state index contributed by atoms with van der Waals surface area (Å²) in [6.07, 6.45) is 0. The second kappa shape index (κ2) is 8.35. The number of rotatable bonds is 5. The molecule has 0 saturated carbocycles. The number of hydrogen-bond donors (Lipinski definition) is 2. The van der Waals surface area contributed by atoms with Gasteiger partial charge in [-0.15, -0.1) is 11.6 Å². The normalized spacial score (nSPS) is 16.2.